The first-order chi connectivity index (χ1) is 9.29. The molecule has 0 fully saturated rings. The van der Waals surface area contributed by atoms with Gasteiger partial charge in [-0.05, 0) is 23.9 Å². The lowest BCUT2D eigenvalue weighted by atomic mass is 10.3. The Balaban J connectivity index is 1.98. The number of hydrogen-bond acceptors (Lipinski definition) is 3. The second-order valence-electron chi connectivity index (χ2n) is 4.53. The minimum absolute atomic E-state index is 0.0722. The fraction of sp³-hybridized carbons (Fsp3) is 0.286. The molecule has 0 aliphatic rings. The first kappa shape index (κ1) is 12.2. The summed E-state index contributed by atoms with van der Waals surface area (Å²) in [6, 6.07) is 3.89. The van der Waals surface area contributed by atoms with E-state index in [2.05, 4.69) is 16.5 Å². The summed E-state index contributed by atoms with van der Waals surface area (Å²) in [5.74, 6) is 0. The van der Waals surface area contributed by atoms with E-state index in [0.29, 0.717) is 6.54 Å². The van der Waals surface area contributed by atoms with E-state index in [1.165, 1.54) is 0 Å². The van der Waals surface area contributed by atoms with Crippen LogP contribution in [0.25, 0.3) is 10.1 Å². The van der Waals surface area contributed by atoms with Gasteiger partial charge in [0, 0.05) is 23.6 Å². The van der Waals surface area contributed by atoms with Crippen LogP contribution in [0, 0.1) is 0 Å². The van der Waals surface area contributed by atoms with E-state index in [1.54, 1.807) is 15.9 Å². The quantitative estimate of drug-likeness (QED) is 0.733. The minimum Gasteiger partial charge on any atom is -0.333 e. The molecular weight excluding hydrogens is 258 g/mol. The van der Waals surface area contributed by atoms with Gasteiger partial charge in [0.2, 0.25) is 0 Å². The zero-order valence-electron chi connectivity index (χ0n) is 10.7. The Hall–Kier alpha value is -1.88. The van der Waals surface area contributed by atoms with Crippen molar-refractivity contribution < 1.29 is 0 Å². The Morgan fingerprint density at radius 2 is 2.21 bits per heavy atom. The van der Waals surface area contributed by atoms with Crippen molar-refractivity contribution in [2.24, 2.45) is 0 Å². The van der Waals surface area contributed by atoms with E-state index in [9.17, 15) is 4.79 Å². The average Bonchev–Trinajstić information content (AvgIpc) is 3.03. The highest BCUT2D eigenvalue weighted by atomic mass is 32.1. The van der Waals surface area contributed by atoms with Crippen LogP contribution in [0.3, 0.4) is 0 Å². The summed E-state index contributed by atoms with van der Waals surface area (Å²) in [6.45, 7) is 3.64. The van der Waals surface area contributed by atoms with Crippen LogP contribution in [0.2, 0.25) is 0 Å². The molecule has 3 aromatic heterocycles. The number of fused-ring (bicyclic) bond motifs is 1. The second-order valence-corrected chi connectivity index (χ2v) is 5.47. The molecule has 4 nitrogen and oxygen atoms in total. The molecule has 3 rings (SSSR count). The largest absolute Gasteiger partial charge is 0.333 e. The average molecular weight is 273 g/mol. The van der Waals surface area contributed by atoms with Gasteiger partial charge in [-0.1, -0.05) is 6.92 Å². The Labute approximate surface area is 115 Å². The van der Waals surface area contributed by atoms with Crippen LogP contribution >= 0.6 is 11.3 Å². The van der Waals surface area contributed by atoms with Gasteiger partial charge in [-0.15, -0.1) is 11.3 Å². The molecule has 0 saturated heterocycles. The van der Waals surface area contributed by atoms with Gasteiger partial charge in [0.05, 0.1) is 24.0 Å². The van der Waals surface area contributed by atoms with Gasteiger partial charge < -0.3 is 9.13 Å². The monoisotopic (exact) mass is 273 g/mol. The summed E-state index contributed by atoms with van der Waals surface area (Å²) in [5.41, 5.74) is 1.14. The van der Waals surface area contributed by atoms with Gasteiger partial charge in [-0.3, -0.25) is 4.79 Å². The summed E-state index contributed by atoms with van der Waals surface area (Å²) in [5, 5.41) is 2.76. The van der Waals surface area contributed by atoms with Crippen LogP contribution < -0.4 is 5.56 Å². The Morgan fingerprint density at radius 3 is 3.05 bits per heavy atom. The lowest BCUT2D eigenvalue weighted by Gasteiger charge is -2.08. The SMILES string of the molecule is CCCn1cncc1Cn1ccc2sccc2c1=O. The minimum atomic E-state index is 0.0722. The predicted molar refractivity (Wildman–Crippen MR) is 77.7 cm³/mol. The first-order valence-corrected chi connectivity index (χ1v) is 7.23. The number of thiophene rings is 1. The molecule has 0 aliphatic heterocycles. The van der Waals surface area contributed by atoms with Crippen molar-refractivity contribution in [2.75, 3.05) is 0 Å². The molecule has 0 spiro atoms. The molecule has 0 atom stereocenters. The van der Waals surface area contributed by atoms with E-state index < -0.39 is 0 Å². The zero-order chi connectivity index (χ0) is 13.2. The van der Waals surface area contributed by atoms with Crippen LogP contribution in [-0.2, 0) is 13.1 Å². The lowest BCUT2D eigenvalue weighted by molar-refractivity contribution is 0.618. The summed E-state index contributed by atoms with van der Waals surface area (Å²) < 4.78 is 4.89. The van der Waals surface area contributed by atoms with Crippen molar-refractivity contribution in [2.45, 2.75) is 26.4 Å². The number of imidazole rings is 1. The molecule has 0 unspecified atom stereocenters. The third-order valence-corrected chi connectivity index (χ3v) is 4.07. The van der Waals surface area contributed by atoms with Crippen LogP contribution in [0.15, 0.2) is 41.0 Å². The van der Waals surface area contributed by atoms with Crippen LogP contribution in [0.5, 0.6) is 0 Å². The summed E-state index contributed by atoms with van der Waals surface area (Å²) in [7, 11) is 0. The molecule has 0 amide bonds. The molecular formula is C14H15N3OS. The molecule has 0 saturated carbocycles. The second kappa shape index (κ2) is 5.01. The Kier molecular flexibility index (Phi) is 3.21. The highest BCUT2D eigenvalue weighted by Crippen LogP contribution is 2.16. The zero-order valence-corrected chi connectivity index (χ0v) is 11.6. The lowest BCUT2D eigenvalue weighted by Crippen LogP contribution is -2.20. The van der Waals surface area contributed by atoms with Gasteiger partial charge in [0.1, 0.15) is 0 Å². The van der Waals surface area contributed by atoms with Crippen LogP contribution in [0.4, 0.5) is 0 Å². The van der Waals surface area contributed by atoms with Gasteiger partial charge >= 0.3 is 0 Å². The van der Waals surface area contributed by atoms with Crippen molar-refractivity contribution in [1.29, 1.82) is 0 Å². The number of aryl methyl sites for hydroxylation is 1. The summed E-state index contributed by atoms with van der Waals surface area (Å²) in [4.78, 5) is 16.5. The maximum atomic E-state index is 12.3. The fourth-order valence-electron chi connectivity index (χ4n) is 2.23. The first-order valence-electron chi connectivity index (χ1n) is 6.35. The van der Waals surface area contributed by atoms with Gasteiger partial charge in [-0.2, -0.15) is 0 Å². The van der Waals surface area contributed by atoms with E-state index in [1.807, 2.05) is 36.2 Å². The van der Waals surface area contributed by atoms with Crippen molar-refractivity contribution in [1.82, 2.24) is 14.1 Å². The van der Waals surface area contributed by atoms with Crippen LogP contribution in [-0.4, -0.2) is 14.1 Å². The van der Waals surface area contributed by atoms with Crippen molar-refractivity contribution >= 4 is 21.4 Å². The molecule has 0 bridgehead atoms. The molecule has 3 heterocycles. The number of nitrogens with zero attached hydrogens (tertiary/aromatic N) is 3. The highest BCUT2D eigenvalue weighted by molar-refractivity contribution is 7.17. The molecule has 0 aliphatic carbocycles. The third-order valence-electron chi connectivity index (χ3n) is 3.19. The normalized spacial score (nSPS) is 11.2. The van der Waals surface area contributed by atoms with Gasteiger partial charge in [0.25, 0.3) is 5.56 Å². The van der Waals surface area contributed by atoms with Gasteiger partial charge in [0.15, 0.2) is 0 Å². The van der Waals surface area contributed by atoms with Crippen molar-refractivity contribution in [3.63, 3.8) is 0 Å². The molecule has 19 heavy (non-hydrogen) atoms. The van der Waals surface area contributed by atoms with E-state index in [-0.39, 0.29) is 5.56 Å². The Bertz CT molecular complexity index is 753. The number of hydrogen-bond donors (Lipinski definition) is 0. The van der Waals surface area contributed by atoms with E-state index in [4.69, 9.17) is 0 Å². The molecule has 0 N–H and O–H groups in total. The Morgan fingerprint density at radius 1 is 1.32 bits per heavy atom. The molecule has 5 heteroatoms. The van der Waals surface area contributed by atoms with E-state index >= 15 is 0 Å². The van der Waals surface area contributed by atoms with Crippen molar-refractivity contribution in [3.05, 3.63) is 52.3 Å². The summed E-state index contributed by atoms with van der Waals surface area (Å²) >= 11 is 1.60. The molecule has 98 valence electrons. The predicted octanol–water partition coefficient (Wildman–Crippen LogP) is 2.72. The maximum absolute atomic E-state index is 12.3. The maximum Gasteiger partial charge on any atom is 0.259 e. The number of aromatic nitrogens is 3. The highest BCUT2D eigenvalue weighted by Gasteiger charge is 2.07. The van der Waals surface area contributed by atoms with Crippen LogP contribution in [0.1, 0.15) is 19.0 Å². The third kappa shape index (κ3) is 2.21. The number of pyridine rings is 1. The molecule has 3 aromatic rings. The molecule has 0 aromatic carbocycles. The van der Waals surface area contributed by atoms with Crippen molar-refractivity contribution in [3.8, 4) is 0 Å². The topological polar surface area (TPSA) is 39.8 Å². The standard InChI is InChI=1S/C14H15N3OS/c1-2-5-17-10-15-8-11(17)9-16-6-3-13-12(14(16)18)4-7-19-13/h3-4,6-8,10H,2,5,9H2,1H3. The smallest absolute Gasteiger partial charge is 0.259 e. The summed E-state index contributed by atoms with van der Waals surface area (Å²) in [6.07, 6.45) is 6.58. The van der Waals surface area contributed by atoms with E-state index in [0.717, 1.165) is 28.7 Å². The molecule has 0 radical (unpaired) electrons. The number of rotatable bonds is 4. The van der Waals surface area contributed by atoms with Gasteiger partial charge in [-0.25, -0.2) is 4.98 Å². The fourth-order valence-corrected chi connectivity index (χ4v) is 3.00.